The number of carboxylic acids is 1. The summed E-state index contributed by atoms with van der Waals surface area (Å²) in [5.74, 6) is -1.39. The molecule has 3 amide bonds. The van der Waals surface area contributed by atoms with E-state index in [1.54, 1.807) is 21.0 Å². The van der Waals surface area contributed by atoms with E-state index in [1.165, 1.54) is 9.80 Å². The first-order valence-electron chi connectivity index (χ1n) is 6.44. The maximum absolute atomic E-state index is 12.3. The molecule has 1 aliphatic rings. The third-order valence-corrected chi connectivity index (χ3v) is 3.29. The molecule has 8 nitrogen and oxygen atoms in total. The number of aliphatic hydroxyl groups excluding tert-OH is 1. The Labute approximate surface area is 117 Å². The van der Waals surface area contributed by atoms with Crippen molar-refractivity contribution in [2.75, 3.05) is 33.7 Å². The molecule has 1 saturated heterocycles. The van der Waals surface area contributed by atoms with E-state index in [2.05, 4.69) is 0 Å². The molecule has 20 heavy (non-hydrogen) atoms. The SMILES string of the molecule is CCN(CC(=O)N(C)C)C(=O)N1CC(O)CC1C(=O)O. The Bertz CT molecular complexity index is 399. The lowest BCUT2D eigenvalue weighted by molar-refractivity contribution is -0.141. The first-order valence-corrected chi connectivity index (χ1v) is 6.44. The average Bonchev–Trinajstić information content (AvgIpc) is 2.76. The molecule has 1 aliphatic heterocycles. The highest BCUT2D eigenvalue weighted by Gasteiger charge is 2.40. The summed E-state index contributed by atoms with van der Waals surface area (Å²) in [4.78, 5) is 38.8. The van der Waals surface area contributed by atoms with Gasteiger partial charge in [0.15, 0.2) is 0 Å². The van der Waals surface area contributed by atoms with Gasteiger partial charge in [0.05, 0.1) is 6.10 Å². The lowest BCUT2D eigenvalue weighted by Gasteiger charge is -2.29. The first-order chi connectivity index (χ1) is 9.27. The first kappa shape index (κ1) is 16.2. The van der Waals surface area contributed by atoms with E-state index < -0.39 is 24.1 Å². The normalized spacial score (nSPS) is 21.7. The van der Waals surface area contributed by atoms with Crippen molar-refractivity contribution in [3.05, 3.63) is 0 Å². The molecule has 2 atom stereocenters. The fraction of sp³-hybridized carbons (Fsp3) is 0.750. The molecule has 0 aromatic carbocycles. The number of carbonyl (C=O) groups is 3. The summed E-state index contributed by atoms with van der Waals surface area (Å²) in [6.45, 7) is 1.87. The maximum Gasteiger partial charge on any atom is 0.326 e. The van der Waals surface area contributed by atoms with Crippen molar-refractivity contribution in [1.82, 2.24) is 14.7 Å². The van der Waals surface area contributed by atoms with Crippen LogP contribution in [0.3, 0.4) is 0 Å². The van der Waals surface area contributed by atoms with Gasteiger partial charge in [0.1, 0.15) is 12.6 Å². The van der Waals surface area contributed by atoms with Gasteiger partial charge in [-0.05, 0) is 6.92 Å². The lowest BCUT2D eigenvalue weighted by Crippen LogP contribution is -2.50. The number of β-amino-alcohol motifs (C(OH)–C–C–N with tert-alkyl or cyclic N) is 1. The van der Waals surface area contributed by atoms with E-state index in [0.29, 0.717) is 0 Å². The van der Waals surface area contributed by atoms with Crippen molar-refractivity contribution in [3.63, 3.8) is 0 Å². The minimum absolute atomic E-state index is 0.0141. The van der Waals surface area contributed by atoms with E-state index in [0.717, 1.165) is 4.90 Å². The van der Waals surface area contributed by atoms with E-state index in [1.807, 2.05) is 0 Å². The molecule has 2 unspecified atom stereocenters. The smallest absolute Gasteiger partial charge is 0.326 e. The number of nitrogens with zero attached hydrogens (tertiary/aromatic N) is 3. The summed E-state index contributed by atoms with van der Waals surface area (Å²) in [5, 5.41) is 18.6. The second-order valence-corrected chi connectivity index (χ2v) is 4.98. The second kappa shape index (κ2) is 6.56. The van der Waals surface area contributed by atoms with Gasteiger partial charge >= 0.3 is 12.0 Å². The fourth-order valence-corrected chi connectivity index (χ4v) is 2.06. The summed E-state index contributed by atoms with van der Waals surface area (Å²) in [6.07, 6.45) is -0.830. The summed E-state index contributed by atoms with van der Waals surface area (Å²) in [6, 6.07) is -1.58. The molecule has 1 rings (SSSR count). The number of hydrogen-bond donors (Lipinski definition) is 2. The predicted octanol–water partition coefficient (Wildman–Crippen LogP) is -0.964. The number of likely N-dealkylation sites (N-methyl/N-ethyl adjacent to an activating group) is 2. The van der Waals surface area contributed by atoms with Gasteiger partial charge < -0.3 is 24.9 Å². The molecule has 0 spiro atoms. The number of amides is 3. The van der Waals surface area contributed by atoms with Gasteiger partial charge in [0.2, 0.25) is 5.91 Å². The number of carboxylic acid groups (broad SMARTS) is 1. The highest BCUT2D eigenvalue weighted by Crippen LogP contribution is 2.20. The zero-order valence-electron chi connectivity index (χ0n) is 11.9. The molecule has 0 radical (unpaired) electrons. The summed E-state index contributed by atoms with van der Waals surface area (Å²) < 4.78 is 0. The third kappa shape index (κ3) is 3.60. The number of rotatable bonds is 4. The Kier molecular flexibility index (Phi) is 5.32. The van der Waals surface area contributed by atoms with Crippen molar-refractivity contribution < 1.29 is 24.6 Å². The van der Waals surface area contributed by atoms with Crippen LogP contribution >= 0.6 is 0 Å². The van der Waals surface area contributed by atoms with Crippen LogP contribution in [0.25, 0.3) is 0 Å². The lowest BCUT2D eigenvalue weighted by atomic mass is 10.2. The van der Waals surface area contributed by atoms with Crippen molar-refractivity contribution in [2.24, 2.45) is 0 Å². The van der Waals surface area contributed by atoms with Gasteiger partial charge in [-0.1, -0.05) is 0 Å². The van der Waals surface area contributed by atoms with Crippen molar-refractivity contribution in [2.45, 2.75) is 25.5 Å². The van der Waals surface area contributed by atoms with Gasteiger partial charge in [-0.15, -0.1) is 0 Å². The number of aliphatic hydroxyl groups is 1. The molecule has 8 heteroatoms. The number of hydrogen-bond acceptors (Lipinski definition) is 4. The highest BCUT2D eigenvalue weighted by molar-refractivity contribution is 5.87. The third-order valence-electron chi connectivity index (χ3n) is 3.29. The minimum Gasteiger partial charge on any atom is -0.480 e. The van der Waals surface area contributed by atoms with Gasteiger partial charge in [0, 0.05) is 33.6 Å². The molecule has 0 aromatic rings. The Morgan fingerprint density at radius 1 is 1.30 bits per heavy atom. The van der Waals surface area contributed by atoms with Crippen LogP contribution in [0, 0.1) is 0 Å². The van der Waals surface area contributed by atoms with Crippen LogP contribution in [0.15, 0.2) is 0 Å². The summed E-state index contributed by atoms with van der Waals surface area (Å²) in [7, 11) is 3.17. The molecule has 0 saturated carbocycles. The van der Waals surface area contributed by atoms with E-state index in [-0.39, 0.29) is 32.0 Å². The van der Waals surface area contributed by atoms with Crippen LogP contribution in [-0.4, -0.2) is 88.7 Å². The molecule has 0 aromatic heterocycles. The van der Waals surface area contributed by atoms with E-state index in [4.69, 9.17) is 5.11 Å². The van der Waals surface area contributed by atoms with E-state index in [9.17, 15) is 19.5 Å². The summed E-state index contributed by atoms with van der Waals surface area (Å²) >= 11 is 0. The topological polar surface area (TPSA) is 101 Å². The van der Waals surface area contributed by atoms with Crippen LogP contribution < -0.4 is 0 Å². The van der Waals surface area contributed by atoms with Gasteiger partial charge in [0.25, 0.3) is 0 Å². The van der Waals surface area contributed by atoms with Crippen LogP contribution in [0.2, 0.25) is 0 Å². The molecule has 2 N–H and O–H groups in total. The zero-order chi connectivity index (χ0) is 15.4. The van der Waals surface area contributed by atoms with Crippen molar-refractivity contribution in [1.29, 1.82) is 0 Å². The molecule has 0 aliphatic carbocycles. The number of likely N-dealkylation sites (tertiary alicyclic amines) is 1. The average molecular weight is 287 g/mol. The minimum atomic E-state index is -1.15. The second-order valence-electron chi connectivity index (χ2n) is 4.98. The molecular weight excluding hydrogens is 266 g/mol. The molecule has 1 heterocycles. The summed E-state index contributed by atoms with van der Waals surface area (Å²) in [5.41, 5.74) is 0. The largest absolute Gasteiger partial charge is 0.480 e. The molecular formula is C12H21N3O5. The zero-order valence-corrected chi connectivity index (χ0v) is 11.9. The standard InChI is InChI=1S/C12H21N3O5/c1-4-14(7-10(17)13(2)3)12(20)15-6-8(16)5-9(15)11(18)19/h8-9,16H,4-7H2,1-3H3,(H,18,19). The number of aliphatic carboxylic acids is 1. The van der Waals surface area contributed by atoms with E-state index >= 15 is 0 Å². The fourth-order valence-electron chi connectivity index (χ4n) is 2.06. The quantitative estimate of drug-likeness (QED) is 0.693. The van der Waals surface area contributed by atoms with Crippen LogP contribution in [-0.2, 0) is 9.59 Å². The Morgan fingerprint density at radius 2 is 1.90 bits per heavy atom. The van der Waals surface area contributed by atoms with Crippen molar-refractivity contribution >= 4 is 17.9 Å². The van der Waals surface area contributed by atoms with Crippen LogP contribution in [0.1, 0.15) is 13.3 Å². The number of urea groups is 1. The van der Waals surface area contributed by atoms with Crippen LogP contribution in [0.5, 0.6) is 0 Å². The monoisotopic (exact) mass is 287 g/mol. The van der Waals surface area contributed by atoms with Gasteiger partial charge in [-0.25, -0.2) is 9.59 Å². The van der Waals surface area contributed by atoms with Crippen molar-refractivity contribution in [3.8, 4) is 0 Å². The number of carbonyl (C=O) groups excluding carboxylic acids is 2. The Balaban J connectivity index is 2.79. The van der Waals surface area contributed by atoms with Gasteiger partial charge in [-0.3, -0.25) is 4.79 Å². The van der Waals surface area contributed by atoms with Gasteiger partial charge in [-0.2, -0.15) is 0 Å². The highest BCUT2D eigenvalue weighted by atomic mass is 16.4. The predicted molar refractivity (Wildman–Crippen MR) is 70.1 cm³/mol. The maximum atomic E-state index is 12.3. The van der Waals surface area contributed by atoms with Crippen LogP contribution in [0.4, 0.5) is 4.79 Å². The molecule has 114 valence electrons. The molecule has 1 fully saturated rings. The molecule has 0 bridgehead atoms. The Hall–Kier alpha value is -1.83. The Morgan fingerprint density at radius 3 is 2.35 bits per heavy atom.